The number of allylic oxidation sites excluding steroid dienone is 8. The Labute approximate surface area is 378 Å². The lowest BCUT2D eigenvalue weighted by Gasteiger charge is -2.18. The molecule has 1 unspecified atom stereocenters. The van der Waals surface area contributed by atoms with Gasteiger partial charge in [-0.2, -0.15) is 0 Å². The molecular formula is C55H98O6. The van der Waals surface area contributed by atoms with Crippen molar-refractivity contribution in [2.75, 3.05) is 13.2 Å². The van der Waals surface area contributed by atoms with Crippen LogP contribution in [0.25, 0.3) is 0 Å². The first-order chi connectivity index (χ1) is 30.0. The molecule has 0 aromatic heterocycles. The largest absolute Gasteiger partial charge is 0.462 e. The molecule has 6 heteroatoms. The van der Waals surface area contributed by atoms with Crippen molar-refractivity contribution in [1.29, 1.82) is 0 Å². The van der Waals surface area contributed by atoms with Gasteiger partial charge in [0.2, 0.25) is 0 Å². The summed E-state index contributed by atoms with van der Waals surface area (Å²) < 4.78 is 16.8. The molecule has 0 aromatic carbocycles. The molecule has 0 rings (SSSR count). The van der Waals surface area contributed by atoms with E-state index in [0.29, 0.717) is 19.3 Å². The normalized spacial score (nSPS) is 12.4. The standard InChI is InChI=1S/C55H98O6/c1-4-7-10-13-16-19-22-25-28-31-33-36-39-42-45-48-54(57)60-51-52(61-55(58)49-46-43-40-37-34-30-27-24-21-18-15-12-9-6-3)50-59-53(56)47-44-41-38-35-32-29-26-23-20-17-14-11-8-5-2/h9,12,18-19,21-22,27,30,52H,4-8,10-11,13-17,20,23-26,28-29,31-51H2,1-3H3/b12-9-,21-18-,22-19-,30-27-. The van der Waals surface area contributed by atoms with E-state index in [1.54, 1.807) is 0 Å². The van der Waals surface area contributed by atoms with Crippen LogP contribution in [0.3, 0.4) is 0 Å². The topological polar surface area (TPSA) is 78.9 Å². The summed E-state index contributed by atoms with van der Waals surface area (Å²) in [6.45, 7) is 6.51. The van der Waals surface area contributed by atoms with Crippen LogP contribution in [0.15, 0.2) is 48.6 Å². The van der Waals surface area contributed by atoms with E-state index in [4.69, 9.17) is 14.2 Å². The molecule has 61 heavy (non-hydrogen) atoms. The third-order valence-electron chi connectivity index (χ3n) is 11.3. The number of carbonyl (C=O) groups excluding carboxylic acids is 3. The van der Waals surface area contributed by atoms with Crippen molar-refractivity contribution in [3.05, 3.63) is 48.6 Å². The second-order valence-electron chi connectivity index (χ2n) is 17.4. The minimum Gasteiger partial charge on any atom is -0.462 e. The number of esters is 3. The van der Waals surface area contributed by atoms with Crippen molar-refractivity contribution >= 4 is 17.9 Å². The van der Waals surface area contributed by atoms with Gasteiger partial charge in [0.05, 0.1) is 0 Å². The molecule has 0 radical (unpaired) electrons. The van der Waals surface area contributed by atoms with E-state index in [1.807, 2.05) is 0 Å². The molecule has 0 aliphatic rings. The van der Waals surface area contributed by atoms with E-state index in [2.05, 4.69) is 69.4 Å². The first-order valence-electron chi connectivity index (χ1n) is 26.1. The number of hydrogen-bond donors (Lipinski definition) is 0. The maximum absolute atomic E-state index is 12.8. The minimum atomic E-state index is -0.783. The van der Waals surface area contributed by atoms with Gasteiger partial charge in [-0.15, -0.1) is 0 Å². The van der Waals surface area contributed by atoms with Crippen molar-refractivity contribution < 1.29 is 28.6 Å². The zero-order valence-electron chi connectivity index (χ0n) is 40.4. The van der Waals surface area contributed by atoms with Crippen LogP contribution in [-0.4, -0.2) is 37.2 Å². The van der Waals surface area contributed by atoms with E-state index in [1.165, 1.54) is 135 Å². The van der Waals surface area contributed by atoms with Gasteiger partial charge in [0.1, 0.15) is 13.2 Å². The molecule has 0 saturated carbocycles. The van der Waals surface area contributed by atoms with Crippen LogP contribution >= 0.6 is 0 Å². The Kier molecular flexibility index (Phi) is 47.9. The van der Waals surface area contributed by atoms with Gasteiger partial charge in [-0.25, -0.2) is 0 Å². The fourth-order valence-electron chi connectivity index (χ4n) is 7.39. The Morgan fingerprint density at radius 1 is 0.344 bits per heavy atom. The maximum Gasteiger partial charge on any atom is 0.306 e. The van der Waals surface area contributed by atoms with Crippen molar-refractivity contribution in [1.82, 2.24) is 0 Å². The number of ether oxygens (including phenoxy) is 3. The molecule has 0 bridgehead atoms. The third kappa shape index (κ3) is 48.3. The third-order valence-corrected chi connectivity index (χ3v) is 11.3. The number of unbranched alkanes of at least 4 members (excludes halogenated alkanes) is 28. The van der Waals surface area contributed by atoms with Gasteiger partial charge < -0.3 is 14.2 Å². The Balaban J connectivity index is 4.39. The molecule has 0 saturated heterocycles. The summed E-state index contributed by atoms with van der Waals surface area (Å²) in [5.41, 5.74) is 0. The minimum absolute atomic E-state index is 0.0812. The lowest BCUT2D eigenvalue weighted by molar-refractivity contribution is -0.167. The number of rotatable bonds is 47. The van der Waals surface area contributed by atoms with E-state index in [9.17, 15) is 14.4 Å². The molecule has 0 spiro atoms. The average molecular weight is 855 g/mol. The highest BCUT2D eigenvalue weighted by Gasteiger charge is 2.19. The zero-order valence-corrected chi connectivity index (χ0v) is 40.4. The fraction of sp³-hybridized carbons (Fsp3) is 0.800. The van der Waals surface area contributed by atoms with Gasteiger partial charge in [0.15, 0.2) is 6.10 Å². The lowest BCUT2D eigenvalue weighted by Crippen LogP contribution is -2.30. The number of carbonyl (C=O) groups is 3. The van der Waals surface area contributed by atoms with Crippen molar-refractivity contribution in [3.8, 4) is 0 Å². The van der Waals surface area contributed by atoms with Crippen LogP contribution in [0.1, 0.15) is 265 Å². The van der Waals surface area contributed by atoms with Gasteiger partial charge in [-0.1, -0.05) is 217 Å². The van der Waals surface area contributed by atoms with Crippen LogP contribution in [0.5, 0.6) is 0 Å². The molecule has 0 aliphatic carbocycles. The van der Waals surface area contributed by atoms with Crippen molar-refractivity contribution in [2.45, 2.75) is 271 Å². The fourth-order valence-corrected chi connectivity index (χ4v) is 7.39. The van der Waals surface area contributed by atoms with Gasteiger partial charge >= 0.3 is 17.9 Å². The van der Waals surface area contributed by atoms with E-state index in [0.717, 1.165) is 89.9 Å². The molecule has 0 N–H and O–H groups in total. The summed E-state index contributed by atoms with van der Waals surface area (Å²) in [5, 5.41) is 0. The van der Waals surface area contributed by atoms with Gasteiger partial charge in [-0.3, -0.25) is 14.4 Å². The highest BCUT2D eigenvalue weighted by atomic mass is 16.6. The lowest BCUT2D eigenvalue weighted by atomic mass is 10.0. The van der Waals surface area contributed by atoms with Crippen LogP contribution in [-0.2, 0) is 28.6 Å². The summed E-state index contributed by atoms with van der Waals surface area (Å²) in [4.78, 5) is 38.0. The summed E-state index contributed by atoms with van der Waals surface area (Å²) >= 11 is 0. The van der Waals surface area contributed by atoms with E-state index < -0.39 is 6.10 Å². The molecule has 0 amide bonds. The molecule has 0 aromatic rings. The Bertz CT molecular complexity index is 1070. The Hall–Kier alpha value is -2.63. The summed E-state index contributed by atoms with van der Waals surface area (Å²) in [6.07, 6.45) is 59.5. The molecular weight excluding hydrogens is 757 g/mol. The number of hydrogen-bond acceptors (Lipinski definition) is 6. The smallest absolute Gasteiger partial charge is 0.306 e. The summed E-state index contributed by atoms with van der Waals surface area (Å²) in [5.74, 6) is -0.900. The Morgan fingerprint density at radius 2 is 0.639 bits per heavy atom. The van der Waals surface area contributed by atoms with Gasteiger partial charge in [0, 0.05) is 19.3 Å². The monoisotopic (exact) mass is 855 g/mol. The SMILES string of the molecule is CC/C=C\C/C=C\C/C=C\CCCCCCC(=O)OC(COC(=O)CCCCCCCCC/C=C\CCCCCC)COC(=O)CCCCCCCCCCCCCCCC. The van der Waals surface area contributed by atoms with Gasteiger partial charge in [-0.05, 0) is 77.0 Å². The highest BCUT2D eigenvalue weighted by Crippen LogP contribution is 2.15. The second-order valence-corrected chi connectivity index (χ2v) is 17.4. The molecule has 0 heterocycles. The summed E-state index contributed by atoms with van der Waals surface area (Å²) in [7, 11) is 0. The second kappa shape index (κ2) is 50.0. The van der Waals surface area contributed by atoms with Gasteiger partial charge in [0.25, 0.3) is 0 Å². The average Bonchev–Trinajstić information content (AvgIpc) is 3.26. The first-order valence-corrected chi connectivity index (χ1v) is 26.1. The van der Waals surface area contributed by atoms with Crippen LogP contribution < -0.4 is 0 Å². The quantitative estimate of drug-likeness (QED) is 0.0263. The van der Waals surface area contributed by atoms with E-state index in [-0.39, 0.29) is 31.1 Å². The van der Waals surface area contributed by atoms with Crippen LogP contribution in [0.4, 0.5) is 0 Å². The predicted octanol–water partition coefficient (Wildman–Crippen LogP) is 17.1. The van der Waals surface area contributed by atoms with Crippen molar-refractivity contribution in [3.63, 3.8) is 0 Å². The van der Waals surface area contributed by atoms with Crippen LogP contribution in [0.2, 0.25) is 0 Å². The van der Waals surface area contributed by atoms with Crippen LogP contribution in [0, 0.1) is 0 Å². The molecule has 0 aliphatic heterocycles. The maximum atomic E-state index is 12.8. The first kappa shape index (κ1) is 58.4. The van der Waals surface area contributed by atoms with Crippen molar-refractivity contribution in [2.24, 2.45) is 0 Å². The molecule has 0 fully saturated rings. The predicted molar refractivity (Wildman–Crippen MR) is 261 cm³/mol. The highest BCUT2D eigenvalue weighted by molar-refractivity contribution is 5.71. The molecule has 354 valence electrons. The molecule has 6 nitrogen and oxygen atoms in total. The van der Waals surface area contributed by atoms with E-state index >= 15 is 0 Å². The molecule has 1 atom stereocenters. The zero-order chi connectivity index (χ0) is 44.4. The Morgan fingerprint density at radius 3 is 1.03 bits per heavy atom. The summed E-state index contributed by atoms with van der Waals surface area (Å²) in [6, 6.07) is 0.